The van der Waals surface area contributed by atoms with Crippen LogP contribution in [-0.4, -0.2) is 13.7 Å². The standard InChI is InChI=1S/C13H19BrFNO/c1-5-16-13(8(2)3)9-6-10(14)11(15)7-12(9)17-4/h6-8,13,16H,5H2,1-4H3. The lowest BCUT2D eigenvalue weighted by atomic mass is 9.95. The maximum atomic E-state index is 13.4. The summed E-state index contributed by atoms with van der Waals surface area (Å²) < 4.78 is 19.2. The lowest BCUT2D eigenvalue weighted by molar-refractivity contribution is 0.371. The second kappa shape index (κ2) is 6.36. The van der Waals surface area contributed by atoms with E-state index < -0.39 is 0 Å². The monoisotopic (exact) mass is 303 g/mol. The summed E-state index contributed by atoms with van der Waals surface area (Å²) in [6, 6.07) is 3.38. The van der Waals surface area contributed by atoms with Gasteiger partial charge in [-0.15, -0.1) is 0 Å². The van der Waals surface area contributed by atoms with Crippen molar-refractivity contribution in [2.75, 3.05) is 13.7 Å². The molecule has 1 aromatic carbocycles. The molecule has 0 fully saturated rings. The minimum absolute atomic E-state index is 0.159. The van der Waals surface area contributed by atoms with E-state index in [9.17, 15) is 4.39 Å². The Morgan fingerprint density at radius 1 is 1.41 bits per heavy atom. The molecule has 1 N–H and O–H groups in total. The zero-order valence-electron chi connectivity index (χ0n) is 10.7. The van der Waals surface area contributed by atoms with E-state index in [1.54, 1.807) is 13.2 Å². The van der Waals surface area contributed by atoms with Crippen LogP contribution in [0.4, 0.5) is 4.39 Å². The number of rotatable bonds is 5. The highest BCUT2D eigenvalue weighted by atomic mass is 79.9. The van der Waals surface area contributed by atoms with Gasteiger partial charge in [0.2, 0.25) is 0 Å². The molecule has 0 saturated heterocycles. The van der Waals surface area contributed by atoms with Crippen LogP contribution < -0.4 is 10.1 Å². The third kappa shape index (κ3) is 3.42. The molecule has 4 heteroatoms. The third-order valence-corrected chi connectivity index (χ3v) is 3.31. The van der Waals surface area contributed by atoms with Crippen LogP contribution in [-0.2, 0) is 0 Å². The Kier molecular flexibility index (Phi) is 5.40. The zero-order valence-corrected chi connectivity index (χ0v) is 12.3. The first-order valence-electron chi connectivity index (χ1n) is 5.77. The summed E-state index contributed by atoms with van der Waals surface area (Å²) in [5, 5.41) is 3.40. The highest BCUT2D eigenvalue weighted by Crippen LogP contribution is 2.34. The quantitative estimate of drug-likeness (QED) is 0.890. The molecule has 0 saturated carbocycles. The smallest absolute Gasteiger partial charge is 0.141 e. The zero-order chi connectivity index (χ0) is 13.0. The molecule has 0 aliphatic carbocycles. The highest BCUT2D eigenvalue weighted by Gasteiger charge is 2.20. The molecule has 1 rings (SSSR count). The molecule has 0 spiro atoms. The Bertz CT molecular complexity index is 382. The number of halogens is 2. The summed E-state index contributed by atoms with van der Waals surface area (Å²) in [7, 11) is 1.56. The van der Waals surface area contributed by atoms with Gasteiger partial charge in [0.15, 0.2) is 0 Å². The van der Waals surface area contributed by atoms with Crippen molar-refractivity contribution in [3.63, 3.8) is 0 Å². The molecule has 0 amide bonds. The molecule has 17 heavy (non-hydrogen) atoms. The SMILES string of the molecule is CCNC(c1cc(Br)c(F)cc1OC)C(C)C. The molecular formula is C13H19BrFNO. The Labute approximate surface area is 111 Å². The molecule has 1 aromatic rings. The second-order valence-corrected chi connectivity index (χ2v) is 5.14. The van der Waals surface area contributed by atoms with E-state index in [0.29, 0.717) is 16.1 Å². The van der Waals surface area contributed by atoms with Gasteiger partial charge < -0.3 is 10.1 Å². The van der Waals surface area contributed by atoms with Crippen LogP contribution in [0.1, 0.15) is 32.4 Å². The molecule has 0 aliphatic rings. The van der Waals surface area contributed by atoms with E-state index in [-0.39, 0.29) is 11.9 Å². The van der Waals surface area contributed by atoms with E-state index in [2.05, 4.69) is 42.0 Å². The average molecular weight is 304 g/mol. The van der Waals surface area contributed by atoms with E-state index in [4.69, 9.17) is 4.74 Å². The predicted molar refractivity (Wildman–Crippen MR) is 71.9 cm³/mol. The first-order chi connectivity index (χ1) is 8.01. The normalized spacial score (nSPS) is 12.9. The van der Waals surface area contributed by atoms with Gasteiger partial charge in [-0.2, -0.15) is 0 Å². The average Bonchev–Trinajstić information content (AvgIpc) is 2.29. The topological polar surface area (TPSA) is 21.3 Å². The van der Waals surface area contributed by atoms with Gasteiger partial charge >= 0.3 is 0 Å². The molecule has 1 atom stereocenters. The Hall–Kier alpha value is -0.610. The summed E-state index contributed by atoms with van der Waals surface area (Å²) >= 11 is 3.22. The van der Waals surface area contributed by atoms with Crippen LogP contribution in [0.3, 0.4) is 0 Å². The van der Waals surface area contributed by atoms with Gasteiger partial charge in [-0.05, 0) is 34.5 Å². The number of hydrogen-bond donors (Lipinski definition) is 1. The van der Waals surface area contributed by atoms with Crippen LogP contribution in [0, 0.1) is 11.7 Å². The van der Waals surface area contributed by atoms with Crippen LogP contribution in [0.2, 0.25) is 0 Å². The van der Waals surface area contributed by atoms with Gasteiger partial charge in [-0.1, -0.05) is 20.8 Å². The molecule has 0 aromatic heterocycles. The fraction of sp³-hybridized carbons (Fsp3) is 0.538. The van der Waals surface area contributed by atoms with Crippen LogP contribution >= 0.6 is 15.9 Å². The molecule has 2 nitrogen and oxygen atoms in total. The van der Waals surface area contributed by atoms with Crippen molar-refractivity contribution in [2.45, 2.75) is 26.8 Å². The van der Waals surface area contributed by atoms with Crippen molar-refractivity contribution in [1.82, 2.24) is 5.32 Å². The van der Waals surface area contributed by atoms with Crippen LogP contribution in [0.15, 0.2) is 16.6 Å². The van der Waals surface area contributed by atoms with Gasteiger partial charge in [-0.3, -0.25) is 0 Å². The molecule has 0 bridgehead atoms. The first kappa shape index (κ1) is 14.5. The lowest BCUT2D eigenvalue weighted by Gasteiger charge is -2.24. The van der Waals surface area contributed by atoms with Gasteiger partial charge in [0.05, 0.1) is 11.6 Å². The fourth-order valence-electron chi connectivity index (χ4n) is 1.89. The summed E-state index contributed by atoms with van der Waals surface area (Å²) in [5.74, 6) is 0.691. The predicted octanol–water partition coefficient (Wildman–Crippen LogP) is 3.90. The first-order valence-corrected chi connectivity index (χ1v) is 6.56. The lowest BCUT2D eigenvalue weighted by Crippen LogP contribution is -2.26. The maximum Gasteiger partial charge on any atom is 0.141 e. The second-order valence-electron chi connectivity index (χ2n) is 4.29. The number of hydrogen-bond acceptors (Lipinski definition) is 2. The highest BCUT2D eigenvalue weighted by molar-refractivity contribution is 9.10. The van der Waals surface area contributed by atoms with E-state index in [0.717, 1.165) is 12.1 Å². The molecule has 1 unspecified atom stereocenters. The summed E-state index contributed by atoms with van der Waals surface area (Å²) in [4.78, 5) is 0. The Morgan fingerprint density at radius 2 is 2.06 bits per heavy atom. The number of methoxy groups -OCH3 is 1. The number of ether oxygens (including phenoxy) is 1. The third-order valence-electron chi connectivity index (χ3n) is 2.70. The van der Waals surface area contributed by atoms with Crippen molar-refractivity contribution >= 4 is 15.9 Å². The van der Waals surface area contributed by atoms with E-state index in [1.165, 1.54) is 6.07 Å². The van der Waals surface area contributed by atoms with E-state index in [1.807, 2.05) is 0 Å². The maximum absolute atomic E-state index is 13.4. The molecule has 0 aliphatic heterocycles. The van der Waals surface area contributed by atoms with E-state index >= 15 is 0 Å². The van der Waals surface area contributed by atoms with Gasteiger partial charge in [0.25, 0.3) is 0 Å². The van der Waals surface area contributed by atoms with Crippen molar-refractivity contribution in [2.24, 2.45) is 5.92 Å². The van der Waals surface area contributed by atoms with Gasteiger partial charge in [0, 0.05) is 17.7 Å². The van der Waals surface area contributed by atoms with Crippen molar-refractivity contribution in [1.29, 1.82) is 0 Å². The molecule has 0 radical (unpaired) electrons. The van der Waals surface area contributed by atoms with Gasteiger partial charge in [-0.25, -0.2) is 4.39 Å². The largest absolute Gasteiger partial charge is 0.496 e. The fourth-order valence-corrected chi connectivity index (χ4v) is 2.25. The van der Waals surface area contributed by atoms with Crippen molar-refractivity contribution < 1.29 is 9.13 Å². The molecule has 0 heterocycles. The van der Waals surface area contributed by atoms with Crippen molar-refractivity contribution in [3.05, 3.63) is 28.0 Å². The summed E-state index contributed by atoms with van der Waals surface area (Å²) in [6.45, 7) is 7.18. The Morgan fingerprint density at radius 3 is 2.53 bits per heavy atom. The number of benzene rings is 1. The van der Waals surface area contributed by atoms with Crippen LogP contribution in [0.5, 0.6) is 5.75 Å². The summed E-state index contributed by atoms with van der Waals surface area (Å²) in [6.07, 6.45) is 0. The number of nitrogens with one attached hydrogen (secondary N) is 1. The minimum Gasteiger partial charge on any atom is -0.496 e. The molecular weight excluding hydrogens is 285 g/mol. The summed E-state index contributed by atoms with van der Waals surface area (Å²) in [5.41, 5.74) is 0.984. The van der Waals surface area contributed by atoms with Crippen LogP contribution in [0.25, 0.3) is 0 Å². The Balaban J connectivity index is 3.21. The molecule has 96 valence electrons. The van der Waals surface area contributed by atoms with Gasteiger partial charge in [0.1, 0.15) is 11.6 Å². The van der Waals surface area contributed by atoms with Crippen molar-refractivity contribution in [3.8, 4) is 5.75 Å². The minimum atomic E-state index is -0.301.